The van der Waals surface area contributed by atoms with Crippen LogP contribution in [0.15, 0.2) is 28.0 Å². The highest BCUT2D eigenvalue weighted by Gasteiger charge is 2.12. The van der Waals surface area contributed by atoms with Gasteiger partial charge in [-0.1, -0.05) is 11.6 Å². The summed E-state index contributed by atoms with van der Waals surface area (Å²) >= 11 is 10.2. The average Bonchev–Trinajstić information content (AvgIpc) is 2.66. The molecule has 0 bridgehead atoms. The zero-order valence-corrected chi connectivity index (χ0v) is 17.0. The van der Waals surface area contributed by atoms with Crippen LogP contribution in [-0.4, -0.2) is 87.0 Å². The lowest BCUT2D eigenvalue weighted by Gasteiger charge is -2.26. The molecule has 3 rings (SSSR count). The number of benzene rings is 1. The first-order chi connectivity index (χ1) is 12.3. The zero-order chi connectivity index (χ0) is 17.3. The van der Waals surface area contributed by atoms with E-state index < -0.39 is 0 Å². The van der Waals surface area contributed by atoms with Gasteiger partial charge in [0.05, 0.1) is 31.5 Å². The summed E-state index contributed by atoms with van der Waals surface area (Å²) in [5.41, 5.74) is 0. The first-order valence-electron chi connectivity index (χ1n) is 8.96. The minimum atomic E-state index is 0.862. The van der Waals surface area contributed by atoms with Gasteiger partial charge in [0.25, 0.3) is 0 Å². The third-order valence-electron chi connectivity index (χ3n) is 4.45. The smallest absolute Gasteiger partial charge is 0.0594 e. The number of hydrogen-bond donors (Lipinski definition) is 0. The number of thioether (sulfide) groups is 2. The van der Waals surface area contributed by atoms with Crippen molar-refractivity contribution in [2.24, 2.45) is 0 Å². The minimum Gasteiger partial charge on any atom is -0.379 e. The highest BCUT2D eigenvalue weighted by molar-refractivity contribution is 8.00. The molecule has 2 fully saturated rings. The Morgan fingerprint density at radius 3 is 2.00 bits per heavy atom. The molecule has 0 unspecified atom stereocenters. The van der Waals surface area contributed by atoms with Crippen molar-refractivity contribution in [3.05, 3.63) is 23.2 Å². The van der Waals surface area contributed by atoms with Crippen molar-refractivity contribution in [1.29, 1.82) is 0 Å². The number of halogens is 1. The predicted octanol–water partition coefficient (Wildman–Crippen LogP) is 3.19. The van der Waals surface area contributed by atoms with Crippen LogP contribution < -0.4 is 0 Å². The molecule has 2 heterocycles. The molecule has 0 aromatic heterocycles. The van der Waals surface area contributed by atoms with Gasteiger partial charge in [0.1, 0.15) is 0 Å². The monoisotopic (exact) mass is 402 g/mol. The molecule has 1 aromatic carbocycles. The van der Waals surface area contributed by atoms with Gasteiger partial charge in [-0.15, -0.1) is 23.5 Å². The van der Waals surface area contributed by atoms with E-state index in [0.29, 0.717) is 0 Å². The van der Waals surface area contributed by atoms with Crippen molar-refractivity contribution >= 4 is 35.1 Å². The number of hydrogen-bond acceptors (Lipinski definition) is 6. The van der Waals surface area contributed by atoms with Crippen molar-refractivity contribution in [2.45, 2.75) is 9.79 Å². The summed E-state index contributed by atoms with van der Waals surface area (Å²) in [6.45, 7) is 9.90. The molecule has 1 aromatic rings. The fourth-order valence-electron chi connectivity index (χ4n) is 2.91. The summed E-state index contributed by atoms with van der Waals surface area (Å²) < 4.78 is 10.8. The van der Waals surface area contributed by atoms with Gasteiger partial charge >= 0.3 is 0 Å². The largest absolute Gasteiger partial charge is 0.379 e. The summed E-state index contributed by atoms with van der Waals surface area (Å²) in [5, 5.41) is 0.865. The Hall–Kier alpha value is 0.0500. The average molecular weight is 403 g/mol. The molecule has 0 aliphatic carbocycles. The normalized spacial score (nSPS) is 20.0. The third-order valence-corrected chi connectivity index (χ3v) is 6.90. The lowest BCUT2D eigenvalue weighted by atomic mass is 10.4. The van der Waals surface area contributed by atoms with E-state index in [9.17, 15) is 0 Å². The van der Waals surface area contributed by atoms with Crippen LogP contribution in [0.5, 0.6) is 0 Å². The van der Waals surface area contributed by atoms with Crippen LogP contribution >= 0.6 is 35.1 Å². The maximum absolute atomic E-state index is 6.39. The molecule has 2 saturated heterocycles. The molecule has 0 radical (unpaired) electrons. The molecule has 2 aliphatic rings. The Bertz CT molecular complexity index is 524. The highest BCUT2D eigenvalue weighted by atomic mass is 35.5. The first kappa shape index (κ1) is 19.8. The molecule has 25 heavy (non-hydrogen) atoms. The fraction of sp³-hybridized carbons (Fsp3) is 0.667. The summed E-state index contributed by atoms with van der Waals surface area (Å²) in [7, 11) is 0. The Morgan fingerprint density at radius 2 is 1.40 bits per heavy atom. The van der Waals surface area contributed by atoms with Crippen LogP contribution in [0.3, 0.4) is 0 Å². The van der Waals surface area contributed by atoms with E-state index in [-0.39, 0.29) is 0 Å². The van der Waals surface area contributed by atoms with E-state index in [1.54, 1.807) is 0 Å². The van der Waals surface area contributed by atoms with Gasteiger partial charge in [0.15, 0.2) is 0 Å². The first-order valence-corrected chi connectivity index (χ1v) is 11.3. The van der Waals surface area contributed by atoms with Crippen LogP contribution in [0.25, 0.3) is 0 Å². The van der Waals surface area contributed by atoms with E-state index in [4.69, 9.17) is 21.1 Å². The summed E-state index contributed by atoms with van der Waals surface area (Å²) in [5.74, 6) is 2.18. The Kier molecular flexibility index (Phi) is 8.73. The zero-order valence-electron chi connectivity index (χ0n) is 14.6. The van der Waals surface area contributed by atoms with Gasteiger partial charge in [-0.3, -0.25) is 9.80 Å². The van der Waals surface area contributed by atoms with Gasteiger partial charge in [-0.25, -0.2) is 0 Å². The molecule has 140 valence electrons. The van der Waals surface area contributed by atoms with Crippen molar-refractivity contribution in [2.75, 3.05) is 77.2 Å². The van der Waals surface area contributed by atoms with Gasteiger partial charge in [0, 0.05) is 60.6 Å². The second-order valence-electron chi connectivity index (χ2n) is 6.20. The van der Waals surface area contributed by atoms with Crippen LogP contribution in [0, 0.1) is 0 Å². The second kappa shape index (κ2) is 11.0. The second-order valence-corrected chi connectivity index (χ2v) is 8.91. The predicted molar refractivity (Wildman–Crippen MR) is 107 cm³/mol. The summed E-state index contributed by atoms with van der Waals surface area (Å²) in [6.07, 6.45) is 0. The molecule has 2 aliphatic heterocycles. The van der Waals surface area contributed by atoms with E-state index in [0.717, 1.165) is 82.2 Å². The van der Waals surface area contributed by atoms with Crippen LogP contribution in [0.2, 0.25) is 5.02 Å². The topological polar surface area (TPSA) is 24.9 Å². The van der Waals surface area contributed by atoms with Crippen molar-refractivity contribution in [1.82, 2.24) is 9.80 Å². The van der Waals surface area contributed by atoms with Gasteiger partial charge < -0.3 is 9.47 Å². The number of rotatable bonds is 8. The van der Waals surface area contributed by atoms with Gasteiger partial charge in [-0.05, 0) is 18.2 Å². The van der Waals surface area contributed by atoms with Crippen molar-refractivity contribution in [3.63, 3.8) is 0 Å². The van der Waals surface area contributed by atoms with E-state index >= 15 is 0 Å². The molecule has 0 spiro atoms. The highest BCUT2D eigenvalue weighted by Crippen LogP contribution is 2.31. The quantitative estimate of drug-likeness (QED) is 0.619. The number of morpholine rings is 2. The molecular weight excluding hydrogens is 376 g/mol. The molecule has 0 saturated carbocycles. The van der Waals surface area contributed by atoms with Crippen LogP contribution in [-0.2, 0) is 9.47 Å². The minimum absolute atomic E-state index is 0.862. The van der Waals surface area contributed by atoms with Crippen molar-refractivity contribution in [3.8, 4) is 0 Å². The number of nitrogens with zero attached hydrogens (tertiary/aromatic N) is 2. The lowest BCUT2D eigenvalue weighted by Crippen LogP contribution is -2.37. The van der Waals surface area contributed by atoms with Crippen LogP contribution in [0.1, 0.15) is 0 Å². The Labute approximate surface area is 164 Å². The molecule has 0 atom stereocenters. The Balaban J connectivity index is 1.41. The molecular formula is C18H27ClN2O2S2. The van der Waals surface area contributed by atoms with Gasteiger partial charge in [-0.2, -0.15) is 0 Å². The third kappa shape index (κ3) is 6.94. The van der Waals surface area contributed by atoms with Crippen LogP contribution in [0.4, 0.5) is 0 Å². The van der Waals surface area contributed by atoms with E-state index in [1.807, 2.05) is 29.6 Å². The standard InChI is InChI=1S/C18H27ClN2O2S2/c19-17-2-1-16(24-13-7-20-3-9-22-10-4-20)15-18(17)25-14-8-21-5-11-23-12-6-21/h1-2,15H,3-14H2. The molecule has 0 N–H and O–H groups in total. The Morgan fingerprint density at radius 1 is 0.840 bits per heavy atom. The van der Waals surface area contributed by atoms with Crippen molar-refractivity contribution < 1.29 is 9.47 Å². The van der Waals surface area contributed by atoms with E-state index in [1.165, 1.54) is 9.79 Å². The fourth-order valence-corrected chi connectivity index (χ4v) is 5.20. The van der Waals surface area contributed by atoms with Gasteiger partial charge in [0.2, 0.25) is 0 Å². The SMILES string of the molecule is Clc1ccc(SCCN2CCOCC2)cc1SCCN1CCOCC1. The summed E-state index contributed by atoms with van der Waals surface area (Å²) in [6, 6.07) is 6.42. The maximum Gasteiger partial charge on any atom is 0.0594 e. The number of ether oxygens (including phenoxy) is 2. The molecule has 7 heteroatoms. The van der Waals surface area contributed by atoms with E-state index in [2.05, 4.69) is 21.9 Å². The molecule has 4 nitrogen and oxygen atoms in total. The maximum atomic E-state index is 6.39. The summed E-state index contributed by atoms with van der Waals surface area (Å²) in [4.78, 5) is 7.45. The lowest BCUT2D eigenvalue weighted by molar-refractivity contribution is 0.0409. The molecule has 0 amide bonds.